The van der Waals surface area contributed by atoms with Crippen molar-refractivity contribution in [2.45, 2.75) is 130 Å². The molecule has 0 amide bonds. The lowest BCUT2D eigenvalue weighted by atomic mass is 10.0. The zero-order valence-electron chi connectivity index (χ0n) is 24.9. The molecule has 0 aliphatic carbocycles. The normalized spacial score (nSPS) is 11.4. The first-order valence-electron chi connectivity index (χ1n) is 15.8. The van der Waals surface area contributed by atoms with Crippen LogP contribution in [-0.4, -0.2) is 13.2 Å². The standard InChI is InChI=1S/C34H52O2S3/c1-4-7-10-11-12-13-14-15-16-17-20-28-23-32(31-24-29(26-37-31)35-21-18-8-5-2)39-34(28)33-25-30(27-38-33)36-22-19-9-6-3/h23-27H,4-22H2,1-3H3. The van der Waals surface area contributed by atoms with Gasteiger partial charge in [0.1, 0.15) is 11.5 Å². The third-order valence-electron chi connectivity index (χ3n) is 7.26. The van der Waals surface area contributed by atoms with Crippen LogP contribution >= 0.6 is 34.0 Å². The van der Waals surface area contributed by atoms with Crippen molar-refractivity contribution in [3.8, 4) is 31.0 Å². The molecule has 39 heavy (non-hydrogen) atoms. The van der Waals surface area contributed by atoms with Gasteiger partial charge < -0.3 is 9.47 Å². The molecule has 0 aliphatic rings. The molecule has 3 rings (SSSR count). The second-order valence-electron chi connectivity index (χ2n) is 10.8. The van der Waals surface area contributed by atoms with E-state index < -0.39 is 0 Å². The van der Waals surface area contributed by atoms with Crippen LogP contribution in [0.1, 0.15) is 129 Å². The van der Waals surface area contributed by atoms with Gasteiger partial charge in [-0.05, 0) is 49.4 Å². The summed E-state index contributed by atoms with van der Waals surface area (Å²) >= 11 is 5.59. The van der Waals surface area contributed by atoms with E-state index in [0.29, 0.717) is 0 Å². The molecule has 0 saturated carbocycles. The zero-order valence-corrected chi connectivity index (χ0v) is 27.3. The first-order chi connectivity index (χ1) is 19.2. The van der Waals surface area contributed by atoms with Crippen LogP contribution < -0.4 is 9.47 Å². The highest BCUT2D eigenvalue weighted by atomic mass is 32.1. The first-order valence-corrected chi connectivity index (χ1v) is 18.4. The Labute approximate surface area is 251 Å². The summed E-state index contributed by atoms with van der Waals surface area (Å²) in [6.07, 6.45) is 22.2. The molecular formula is C34H52O2S3. The smallest absolute Gasteiger partial charge is 0.130 e. The largest absolute Gasteiger partial charge is 0.493 e. The van der Waals surface area contributed by atoms with E-state index in [1.54, 1.807) is 0 Å². The second-order valence-corrected chi connectivity index (χ2v) is 13.7. The molecule has 3 aromatic rings. The van der Waals surface area contributed by atoms with Gasteiger partial charge in [-0.2, -0.15) is 0 Å². The van der Waals surface area contributed by atoms with E-state index in [0.717, 1.165) is 37.6 Å². The average molecular weight is 589 g/mol. The van der Waals surface area contributed by atoms with Crippen LogP contribution in [0.4, 0.5) is 0 Å². The Morgan fingerprint density at radius 3 is 1.59 bits per heavy atom. The summed E-state index contributed by atoms with van der Waals surface area (Å²) in [5, 5.41) is 4.37. The van der Waals surface area contributed by atoms with E-state index in [2.05, 4.69) is 49.7 Å². The summed E-state index contributed by atoms with van der Waals surface area (Å²) in [5.41, 5.74) is 1.51. The summed E-state index contributed by atoms with van der Waals surface area (Å²) in [6.45, 7) is 8.41. The molecular weight excluding hydrogens is 537 g/mol. The van der Waals surface area contributed by atoms with Gasteiger partial charge in [-0.25, -0.2) is 0 Å². The van der Waals surface area contributed by atoms with E-state index in [1.165, 1.54) is 121 Å². The summed E-state index contributed by atoms with van der Waals surface area (Å²) in [5.74, 6) is 2.06. The summed E-state index contributed by atoms with van der Waals surface area (Å²) in [4.78, 5) is 5.49. The number of unbranched alkanes of at least 4 members (excludes halogenated alkanes) is 13. The SMILES string of the molecule is CCCCCCCCCCCCc1cc(-c2cc(OCCCCC)cs2)sc1-c1cc(OCCCCC)cs1. The first kappa shape index (κ1) is 32.2. The van der Waals surface area contributed by atoms with Crippen LogP contribution in [-0.2, 0) is 6.42 Å². The number of thiophene rings is 3. The Kier molecular flexibility index (Phi) is 16.3. The molecule has 2 nitrogen and oxygen atoms in total. The van der Waals surface area contributed by atoms with Gasteiger partial charge in [0.05, 0.1) is 13.2 Å². The molecule has 3 aromatic heterocycles. The maximum absolute atomic E-state index is 6.07. The Hall–Kier alpha value is -1.30. The number of ether oxygens (including phenoxy) is 2. The number of hydrogen-bond acceptors (Lipinski definition) is 5. The van der Waals surface area contributed by atoms with Gasteiger partial charge in [-0.1, -0.05) is 104 Å². The third kappa shape index (κ3) is 12.0. The molecule has 0 spiro atoms. The fourth-order valence-electron chi connectivity index (χ4n) is 4.87. The van der Waals surface area contributed by atoms with E-state index >= 15 is 0 Å². The topological polar surface area (TPSA) is 18.5 Å². The van der Waals surface area contributed by atoms with E-state index in [1.807, 2.05) is 34.0 Å². The third-order valence-corrected chi connectivity index (χ3v) is 10.6. The lowest BCUT2D eigenvalue weighted by Gasteiger charge is -2.04. The number of rotatable bonds is 23. The van der Waals surface area contributed by atoms with Crippen LogP contribution in [0, 0.1) is 0 Å². The molecule has 3 heterocycles. The van der Waals surface area contributed by atoms with Crippen LogP contribution in [0.15, 0.2) is 29.0 Å². The Morgan fingerprint density at radius 2 is 1.00 bits per heavy atom. The highest BCUT2D eigenvalue weighted by Crippen LogP contribution is 2.44. The van der Waals surface area contributed by atoms with Crippen molar-refractivity contribution >= 4 is 34.0 Å². The summed E-state index contributed by atoms with van der Waals surface area (Å²) in [7, 11) is 0. The predicted octanol–water partition coefficient (Wildman–Crippen LogP) is 12.8. The molecule has 0 unspecified atom stereocenters. The minimum Gasteiger partial charge on any atom is -0.493 e. The maximum Gasteiger partial charge on any atom is 0.130 e. The molecule has 0 atom stereocenters. The Balaban J connectivity index is 1.59. The lowest BCUT2D eigenvalue weighted by molar-refractivity contribution is 0.307. The van der Waals surface area contributed by atoms with Crippen LogP contribution in [0.25, 0.3) is 19.5 Å². The van der Waals surface area contributed by atoms with Crippen LogP contribution in [0.5, 0.6) is 11.5 Å². The van der Waals surface area contributed by atoms with E-state index in [4.69, 9.17) is 9.47 Å². The van der Waals surface area contributed by atoms with Gasteiger partial charge >= 0.3 is 0 Å². The van der Waals surface area contributed by atoms with Crippen molar-refractivity contribution < 1.29 is 9.47 Å². The van der Waals surface area contributed by atoms with Crippen LogP contribution in [0.2, 0.25) is 0 Å². The quantitative estimate of drug-likeness (QED) is 0.103. The minimum absolute atomic E-state index is 0.819. The van der Waals surface area contributed by atoms with Gasteiger partial charge in [0.25, 0.3) is 0 Å². The fraction of sp³-hybridized carbons (Fsp3) is 0.647. The van der Waals surface area contributed by atoms with Gasteiger partial charge in [0.15, 0.2) is 0 Å². The highest BCUT2D eigenvalue weighted by molar-refractivity contribution is 7.26. The van der Waals surface area contributed by atoms with Crippen LogP contribution in [0.3, 0.4) is 0 Å². The monoisotopic (exact) mass is 588 g/mol. The van der Waals surface area contributed by atoms with Gasteiger partial charge in [0.2, 0.25) is 0 Å². The molecule has 0 saturated heterocycles. The van der Waals surface area contributed by atoms with Crippen molar-refractivity contribution in [1.29, 1.82) is 0 Å². The summed E-state index contributed by atoms with van der Waals surface area (Å²) < 4.78 is 12.1. The lowest BCUT2D eigenvalue weighted by Crippen LogP contribution is -1.95. The minimum atomic E-state index is 0.819. The number of aryl methyl sites for hydroxylation is 1. The van der Waals surface area contributed by atoms with E-state index in [9.17, 15) is 0 Å². The molecule has 0 aliphatic heterocycles. The Morgan fingerprint density at radius 1 is 0.513 bits per heavy atom. The fourth-order valence-corrected chi connectivity index (χ4v) is 7.98. The Bertz CT molecular complexity index is 1020. The molecule has 5 heteroatoms. The molecule has 0 radical (unpaired) electrons. The zero-order chi connectivity index (χ0) is 27.5. The number of hydrogen-bond donors (Lipinski definition) is 0. The van der Waals surface area contributed by atoms with Gasteiger partial charge in [-0.15, -0.1) is 34.0 Å². The van der Waals surface area contributed by atoms with Gasteiger partial charge in [-0.3, -0.25) is 0 Å². The van der Waals surface area contributed by atoms with Crippen molar-refractivity contribution in [1.82, 2.24) is 0 Å². The molecule has 0 aromatic carbocycles. The van der Waals surface area contributed by atoms with Crippen molar-refractivity contribution in [2.75, 3.05) is 13.2 Å². The second kappa shape index (κ2) is 19.7. The molecule has 0 N–H and O–H groups in total. The predicted molar refractivity (Wildman–Crippen MR) is 177 cm³/mol. The molecule has 218 valence electrons. The van der Waals surface area contributed by atoms with Crippen molar-refractivity contribution in [3.63, 3.8) is 0 Å². The molecule has 0 fully saturated rings. The highest BCUT2D eigenvalue weighted by Gasteiger charge is 2.16. The van der Waals surface area contributed by atoms with Crippen molar-refractivity contribution in [3.05, 3.63) is 34.5 Å². The van der Waals surface area contributed by atoms with E-state index in [-0.39, 0.29) is 0 Å². The molecule has 0 bridgehead atoms. The summed E-state index contributed by atoms with van der Waals surface area (Å²) in [6, 6.07) is 6.97. The van der Waals surface area contributed by atoms with Gasteiger partial charge in [0, 0.05) is 30.3 Å². The maximum atomic E-state index is 6.07. The van der Waals surface area contributed by atoms with Crippen molar-refractivity contribution in [2.24, 2.45) is 0 Å². The average Bonchev–Trinajstić information content (AvgIpc) is 3.70.